The van der Waals surface area contributed by atoms with Crippen molar-refractivity contribution in [3.63, 3.8) is 0 Å². The van der Waals surface area contributed by atoms with E-state index in [9.17, 15) is 13.2 Å². The van der Waals surface area contributed by atoms with E-state index in [1.807, 2.05) is 0 Å². The van der Waals surface area contributed by atoms with Crippen molar-refractivity contribution in [2.45, 2.75) is 5.75 Å². The molecule has 0 saturated carbocycles. The summed E-state index contributed by atoms with van der Waals surface area (Å²) in [4.78, 5) is 11.3. The maximum atomic E-state index is 11.3. The highest BCUT2D eigenvalue weighted by Gasteiger charge is 2.11. The number of rotatable bonds is 3. The molecule has 0 bridgehead atoms. The van der Waals surface area contributed by atoms with Crippen LogP contribution >= 0.6 is 11.6 Å². The van der Waals surface area contributed by atoms with Gasteiger partial charge in [-0.25, -0.2) is 13.2 Å². The molecule has 0 atom stereocenters. The van der Waals surface area contributed by atoms with Crippen LogP contribution in [0, 0.1) is 0 Å². The van der Waals surface area contributed by atoms with Gasteiger partial charge < -0.3 is 4.74 Å². The normalized spacial score (nSPS) is 11.2. The molecule has 0 aliphatic rings. The Bertz CT molecular complexity index is 508. The smallest absolute Gasteiger partial charge is 0.337 e. The summed E-state index contributed by atoms with van der Waals surface area (Å²) >= 11 is 5.78. The zero-order chi connectivity index (χ0) is 12.3. The summed E-state index contributed by atoms with van der Waals surface area (Å²) in [6, 6.07) is 4.40. The number of ether oxygens (including phenoxy) is 1. The van der Waals surface area contributed by atoms with Crippen molar-refractivity contribution < 1.29 is 17.9 Å². The van der Waals surface area contributed by atoms with Gasteiger partial charge in [0.25, 0.3) is 0 Å². The zero-order valence-electron chi connectivity index (χ0n) is 8.86. The van der Waals surface area contributed by atoms with Crippen LogP contribution in [0.1, 0.15) is 15.9 Å². The predicted octanol–water partition coefficient (Wildman–Crippen LogP) is 1.67. The molecule has 0 aromatic heterocycles. The first-order valence-electron chi connectivity index (χ1n) is 4.37. The molecule has 0 saturated heterocycles. The second-order valence-electron chi connectivity index (χ2n) is 3.41. The van der Waals surface area contributed by atoms with Crippen LogP contribution in [0.25, 0.3) is 0 Å². The molecule has 1 rings (SSSR count). The second-order valence-corrected chi connectivity index (χ2v) is 5.99. The third-order valence-corrected chi connectivity index (χ3v) is 2.88. The van der Waals surface area contributed by atoms with Gasteiger partial charge in [0, 0.05) is 11.3 Å². The van der Waals surface area contributed by atoms with Crippen molar-refractivity contribution in [3.05, 3.63) is 34.3 Å². The molecular weight excluding hydrogens is 252 g/mol. The molecule has 16 heavy (non-hydrogen) atoms. The number of sulfone groups is 1. The Kier molecular flexibility index (Phi) is 3.93. The zero-order valence-corrected chi connectivity index (χ0v) is 10.4. The van der Waals surface area contributed by atoms with Crippen molar-refractivity contribution in [1.29, 1.82) is 0 Å². The molecule has 0 N–H and O–H groups in total. The van der Waals surface area contributed by atoms with Crippen LogP contribution in [-0.4, -0.2) is 27.8 Å². The van der Waals surface area contributed by atoms with E-state index in [4.69, 9.17) is 11.6 Å². The number of methoxy groups -OCH3 is 1. The molecular formula is C10H11ClO4S. The Hall–Kier alpha value is -1.07. The van der Waals surface area contributed by atoms with Gasteiger partial charge in [-0.1, -0.05) is 11.6 Å². The van der Waals surface area contributed by atoms with Crippen LogP contribution in [0.3, 0.4) is 0 Å². The van der Waals surface area contributed by atoms with Gasteiger partial charge in [-0.15, -0.1) is 0 Å². The number of halogens is 1. The molecule has 88 valence electrons. The quantitative estimate of drug-likeness (QED) is 0.778. The van der Waals surface area contributed by atoms with Crippen molar-refractivity contribution in [2.24, 2.45) is 0 Å². The lowest BCUT2D eigenvalue weighted by molar-refractivity contribution is 0.0600. The number of carbonyl (C=O) groups is 1. The lowest BCUT2D eigenvalue weighted by Gasteiger charge is -2.04. The maximum absolute atomic E-state index is 11.3. The number of hydrogen-bond donors (Lipinski definition) is 0. The molecule has 4 nitrogen and oxygen atoms in total. The number of carbonyl (C=O) groups excluding carboxylic acids is 1. The van der Waals surface area contributed by atoms with Gasteiger partial charge in [-0.2, -0.15) is 0 Å². The van der Waals surface area contributed by atoms with E-state index in [1.165, 1.54) is 25.3 Å². The second kappa shape index (κ2) is 4.84. The van der Waals surface area contributed by atoms with E-state index in [1.54, 1.807) is 0 Å². The average molecular weight is 263 g/mol. The molecule has 0 radical (unpaired) electrons. The molecule has 1 aromatic carbocycles. The van der Waals surface area contributed by atoms with Gasteiger partial charge in [0.15, 0.2) is 9.84 Å². The van der Waals surface area contributed by atoms with Crippen LogP contribution < -0.4 is 0 Å². The number of hydrogen-bond acceptors (Lipinski definition) is 4. The number of esters is 1. The summed E-state index contributed by atoms with van der Waals surface area (Å²) < 4.78 is 26.7. The van der Waals surface area contributed by atoms with Crippen LogP contribution in [-0.2, 0) is 20.3 Å². The van der Waals surface area contributed by atoms with Crippen LogP contribution in [0.15, 0.2) is 18.2 Å². The van der Waals surface area contributed by atoms with E-state index >= 15 is 0 Å². The Labute approximate surface area is 99.1 Å². The molecule has 1 aromatic rings. The molecule has 0 amide bonds. The summed E-state index contributed by atoms with van der Waals surface area (Å²) in [6.07, 6.45) is 1.12. The fourth-order valence-corrected chi connectivity index (χ4v) is 2.30. The summed E-state index contributed by atoms with van der Waals surface area (Å²) in [5, 5.41) is 0.307. The first-order chi connectivity index (χ1) is 7.31. The summed E-state index contributed by atoms with van der Waals surface area (Å²) in [5.74, 6) is -0.699. The Balaban J connectivity index is 3.13. The van der Waals surface area contributed by atoms with E-state index < -0.39 is 15.8 Å². The molecule has 0 unspecified atom stereocenters. The third kappa shape index (κ3) is 3.83. The Morgan fingerprint density at radius 2 is 2.00 bits per heavy atom. The topological polar surface area (TPSA) is 60.4 Å². The fourth-order valence-electron chi connectivity index (χ4n) is 1.27. The fraction of sp³-hybridized carbons (Fsp3) is 0.300. The van der Waals surface area contributed by atoms with Crippen molar-refractivity contribution in [1.82, 2.24) is 0 Å². The van der Waals surface area contributed by atoms with Gasteiger partial charge in [-0.05, 0) is 23.8 Å². The van der Waals surface area contributed by atoms with Crippen LogP contribution in [0.4, 0.5) is 0 Å². The van der Waals surface area contributed by atoms with Crippen molar-refractivity contribution in [2.75, 3.05) is 13.4 Å². The highest BCUT2D eigenvalue weighted by atomic mass is 35.5. The summed E-state index contributed by atoms with van der Waals surface area (Å²) in [6.45, 7) is 0. The lowest BCUT2D eigenvalue weighted by Crippen LogP contribution is -2.05. The third-order valence-electron chi connectivity index (χ3n) is 1.81. The largest absolute Gasteiger partial charge is 0.465 e. The van der Waals surface area contributed by atoms with Gasteiger partial charge >= 0.3 is 5.97 Å². The Morgan fingerprint density at radius 3 is 2.50 bits per heavy atom. The molecule has 6 heteroatoms. The minimum Gasteiger partial charge on any atom is -0.465 e. The van der Waals surface area contributed by atoms with Gasteiger partial charge in [0.05, 0.1) is 18.4 Å². The van der Waals surface area contributed by atoms with Gasteiger partial charge in [0.2, 0.25) is 0 Å². The highest BCUT2D eigenvalue weighted by Crippen LogP contribution is 2.17. The first-order valence-corrected chi connectivity index (χ1v) is 6.81. The average Bonchev–Trinajstić information content (AvgIpc) is 2.12. The van der Waals surface area contributed by atoms with Crippen LogP contribution in [0.5, 0.6) is 0 Å². The monoisotopic (exact) mass is 262 g/mol. The predicted molar refractivity (Wildman–Crippen MR) is 61.3 cm³/mol. The molecule has 0 aliphatic heterocycles. The van der Waals surface area contributed by atoms with E-state index in [0.717, 1.165) is 6.26 Å². The maximum Gasteiger partial charge on any atom is 0.337 e. The lowest BCUT2D eigenvalue weighted by atomic mass is 10.1. The van der Waals surface area contributed by atoms with Gasteiger partial charge in [0.1, 0.15) is 0 Å². The van der Waals surface area contributed by atoms with Crippen molar-refractivity contribution in [3.8, 4) is 0 Å². The van der Waals surface area contributed by atoms with E-state index in [0.29, 0.717) is 10.6 Å². The van der Waals surface area contributed by atoms with Crippen LogP contribution in [0.2, 0.25) is 5.02 Å². The Morgan fingerprint density at radius 1 is 1.38 bits per heavy atom. The highest BCUT2D eigenvalue weighted by molar-refractivity contribution is 7.89. The summed E-state index contributed by atoms with van der Waals surface area (Å²) in [7, 11) is -1.90. The van der Waals surface area contributed by atoms with E-state index in [-0.39, 0.29) is 11.3 Å². The SMILES string of the molecule is COC(=O)c1cc(Cl)cc(CS(C)(=O)=O)c1. The minimum atomic E-state index is -3.15. The standard InChI is InChI=1S/C10H11ClO4S/c1-15-10(12)8-3-7(4-9(11)5-8)6-16(2,13)14/h3-5H,6H2,1-2H3. The molecule has 0 aliphatic carbocycles. The molecule has 0 fully saturated rings. The molecule has 0 heterocycles. The summed E-state index contributed by atoms with van der Waals surface area (Å²) in [5.41, 5.74) is 0.712. The minimum absolute atomic E-state index is 0.155. The first kappa shape index (κ1) is 13.0. The molecule has 0 spiro atoms. The number of benzene rings is 1. The van der Waals surface area contributed by atoms with E-state index in [2.05, 4.69) is 4.74 Å². The van der Waals surface area contributed by atoms with Crippen molar-refractivity contribution >= 4 is 27.4 Å². The van der Waals surface area contributed by atoms with Gasteiger partial charge in [-0.3, -0.25) is 0 Å².